The lowest BCUT2D eigenvalue weighted by Gasteiger charge is -2.26. The number of carbonyl (C=O) groups is 1. The number of Topliss-reactive ketones (excluding diaryl/α,β-unsaturated/α-hetero) is 1. The molecule has 0 aliphatic carbocycles. The Bertz CT molecular complexity index is 639. The molecule has 1 aromatic heterocycles. The van der Waals surface area contributed by atoms with Crippen LogP contribution < -0.4 is 0 Å². The number of aromatic amines is 1. The minimum atomic E-state index is 0.130. The Morgan fingerprint density at radius 1 is 1.35 bits per heavy atom. The quantitative estimate of drug-likeness (QED) is 0.873. The number of fused-ring (bicyclic) bond motifs is 1. The monoisotopic (exact) mass is 272 g/mol. The number of aromatic nitrogens is 1. The van der Waals surface area contributed by atoms with Crippen LogP contribution in [0.2, 0.25) is 0 Å². The van der Waals surface area contributed by atoms with Gasteiger partial charge in [0.05, 0.1) is 13.2 Å². The highest BCUT2D eigenvalue weighted by Gasteiger charge is 2.19. The van der Waals surface area contributed by atoms with Gasteiger partial charge in [-0.2, -0.15) is 0 Å². The van der Waals surface area contributed by atoms with Gasteiger partial charge in [0.1, 0.15) is 0 Å². The minimum absolute atomic E-state index is 0.130. The first-order valence-electron chi connectivity index (χ1n) is 7.07. The molecule has 0 unspecified atom stereocenters. The molecule has 0 atom stereocenters. The summed E-state index contributed by atoms with van der Waals surface area (Å²) in [6.45, 7) is 7.87. The van der Waals surface area contributed by atoms with Crippen molar-refractivity contribution >= 4 is 16.7 Å². The predicted octanol–water partition coefficient (Wildman–Crippen LogP) is 2.51. The largest absolute Gasteiger partial charge is 0.379 e. The molecule has 106 valence electrons. The zero-order valence-electron chi connectivity index (χ0n) is 12.0. The number of nitrogens with zero attached hydrogens (tertiary/aromatic N) is 1. The zero-order chi connectivity index (χ0) is 14.1. The summed E-state index contributed by atoms with van der Waals surface area (Å²) in [5.74, 6) is 0.130. The highest BCUT2D eigenvalue weighted by Crippen LogP contribution is 2.25. The molecule has 0 bridgehead atoms. The molecule has 20 heavy (non-hydrogen) atoms. The fourth-order valence-electron chi connectivity index (χ4n) is 2.87. The highest BCUT2D eigenvalue weighted by molar-refractivity contribution is 6.08. The topological polar surface area (TPSA) is 45.3 Å². The smallest absolute Gasteiger partial charge is 0.162 e. The first kappa shape index (κ1) is 13.3. The molecular weight excluding hydrogens is 252 g/mol. The van der Waals surface area contributed by atoms with Crippen molar-refractivity contribution in [1.82, 2.24) is 9.88 Å². The number of carbonyl (C=O) groups excluding carboxylic acids is 1. The Morgan fingerprint density at radius 3 is 2.80 bits per heavy atom. The zero-order valence-corrected chi connectivity index (χ0v) is 12.0. The maximum atomic E-state index is 12.0. The summed E-state index contributed by atoms with van der Waals surface area (Å²) >= 11 is 0. The Hall–Kier alpha value is -1.65. The average Bonchev–Trinajstić information content (AvgIpc) is 2.77. The fraction of sp³-hybridized carbons (Fsp3) is 0.438. The van der Waals surface area contributed by atoms with E-state index in [-0.39, 0.29) is 5.78 Å². The first-order valence-corrected chi connectivity index (χ1v) is 7.07. The van der Waals surface area contributed by atoms with Gasteiger partial charge in [0.15, 0.2) is 5.78 Å². The second-order valence-corrected chi connectivity index (χ2v) is 5.47. The lowest BCUT2D eigenvalue weighted by atomic mass is 10.1. The summed E-state index contributed by atoms with van der Waals surface area (Å²) in [4.78, 5) is 17.8. The van der Waals surface area contributed by atoms with Crippen LogP contribution in [0.5, 0.6) is 0 Å². The van der Waals surface area contributed by atoms with Crippen LogP contribution in [0.3, 0.4) is 0 Å². The molecule has 4 nitrogen and oxygen atoms in total. The molecule has 1 fully saturated rings. The molecule has 1 aliphatic rings. The van der Waals surface area contributed by atoms with Crippen LogP contribution in [0.25, 0.3) is 10.9 Å². The first-order chi connectivity index (χ1) is 9.65. The highest BCUT2D eigenvalue weighted by atomic mass is 16.5. The van der Waals surface area contributed by atoms with Gasteiger partial charge in [0, 0.05) is 41.8 Å². The van der Waals surface area contributed by atoms with Crippen LogP contribution in [0.1, 0.15) is 28.5 Å². The maximum Gasteiger partial charge on any atom is 0.162 e. The Morgan fingerprint density at radius 2 is 2.10 bits per heavy atom. The molecule has 3 rings (SSSR count). The van der Waals surface area contributed by atoms with Gasteiger partial charge in [-0.05, 0) is 26.0 Å². The SMILES string of the molecule is CC(=O)c1c(CN2CCOCC2)[nH]c2ccc(C)cc12. The number of nitrogens with one attached hydrogen (secondary N) is 1. The van der Waals surface area contributed by atoms with Gasteiger partial charge in [-0.25, -0.2) is 0 Å². The van der Waals surface area contributed by atoms with Gasteiger partial charge < -0.3 is 9.72 Å². The van der Waals surface area contributed by atoms with E-state index in [9.17, 15) is 4.79 Å². The number of H-pyrrole nitrogens is 1. The fourth-order valence-corrected chi connectivity index (χ4v) is 2.87. The summed E-state index contributed by atoms with van der Waals surface area (Å²) in [5, 5.41) is 1.04. The third-order valence-corrected chi connectivity index (χ3v) is 3.87. The normalized spacial score (nSPS) is 16.7. The third kappa shape index (κ3) is 2.49. The van der Waals surface area contributed by atoms with Gasteiger partial charge in [0.2, 0.25) is 0 Å². The van der Waals surface area contributed by atoms with Crippen LogP contribution in [-0.4, -0.2) is 42.0 Å². The van der Waals surface area contributed by atoms with E-state index in [0.29, 0.717) is 0 Å². The average molecular weight is 272 g/mol. The molecule has 0 spiro atoms. The van der Waals surface area contributed by atoms with Crippen LogP contribution in [-0.2, 0) is 11.3 Å². The van der Waals surface area contributed by atoms with Crippen LogP contribution in [0.15, 0.2) is 18.2 Å². The molecule has 1 aromatic carbocycles. The van der Waals surface area contributed by atoms with E-state index in [1.807, 2.05) is 0 Å². The molecular formula is C16H20N2O2. The summed E-state index contributed by atoms with van der Waals surface area (Å²) in [5.41, 5.74) is 4.09. The molecule has 1 aliphatic heterocycles. The Labute approximate surface area is 118 Å². The summed E-state index contributed by atoms with van der Waals surface area (Å²) in [7, 11) is 0. The Balaban J connectivity index is 2.00. The van der Waals surface area contributed by atoms with Crippen molar-refractivity contribution in [2.24, 2.45) is 0 Å². The van der Waals surface area contributed by atoms with E-state index in [1.54, 1.807) is 6.92 Å². The molecule has 0 radical (unpaired) electrons. The predicted molar refractivity (Wildman–Crippen MR) is 79.1 cm³/mol. The molecule has 1 saturated heterocycles. The van der Waals surface area contributed by atoms with E-state index in [4.69, 9.17) is 4.74 Å². The van der Waals surface area contributed by atoms with Crippen LogP contribution in [0, 0.1) is 6.92 Å². The van der Waals surface area contributed by atoms with Gasteiger partial charge in [-0.1, -0.05) is 11.6 Å². The van der Waals surface area contributed by atoms with Crippen LogP contribution in [0.4, 0.5) is 0 Å². The number of rotatable bonds is 3. The van der Waals surface area contributed by atoms with Gasteiger partial charge >= 0.3 is 0 Å². The minimum Gasteiger partial charge on any atom is -0.379 e. The third-order valence-electron chi connectivity index (χ3n) is 3.87. The molecule has 0 amide bonds. The number of hydrogen-bond donors (Lipinski definition) is 1. The lowest BCUT2D eigenvalue weighted by molar-refractivity contribution is 0.0336. The van der Waals surface area contributed by atoms with Gasteiger partial charge in [-0.3, -0.25) is 9.69 Å². The molecule has 2 aromatic rings. The molecule has 0 saturated carbocycles. The van der Waals surface area contributed by atoms with Crippen molar-refractivity contribution in [2.45, 2.75) is 20.4 Å². The van der Waals surface area contributed by atoms with Crippen molar-refractivity contribution in [2.75, 3.05) is 26.3 Å². The number of aryl methyl sites for hydroxylation is 1. The van der Waals surface area contributed by atoms with Gasteiger partial charge in [0.25, 0.3) is 0 Å². The number of morpholine rings is 1. The number of ketones is 1. The molecule has 1 N–H and O–H groups in total. The lowest BCUT2D eigenvalue weighted by Crippen LogP contribution is -2.36. The van der Waals surface area contributed by atoms with E-state index in [2.05, 4.69) is 35.0 Å². The van der Waals surface area contributed by atoms with Crippen molar-refractivity contribution in [1.29, 1.82) is 0 Å². The van der Waals surface area contributed by atoms with Crippen molar-refractivity contribution in [3.8, 4) is 0 Å². The van der Waals surface area contributed by atoms with E-state index >= 15 is 0 Å². The number of hydrogen-bond acceptors (Lipinski definition) is 3. The van der Waals surface area contributed by atoms with Crippen LogP contribution >= 0.6 is 0 Å². The summed E-state index contributed by atoms with van der Waals surface area (Å²) < 4.78 is 5.37. The van der Waals surface area contributed by atoms with Crippen molar-refractivity contribution < 1.29 is 9.53 Å². The summed E-state index contributed by atoms with van der Waals surface area (Å²) in [6.07, 6.45) is 0. The van der Waals surface area contributed by atoms with Gasteiger partial charge in [-0.15, -0.1) is 0 Å². The Kier molecular flexibility index (Phi) is 3.59. The second kappa shape index (κ2) is 5.38. The number of ether oxygens (including phenoxy) is 1. The second-order valence-electron chi connectivity index (χ2n) is 5.47. The van der Waals surface area contributed by atoms with E-state index < -0.39 is 0 Å². The molecule has 2 heterocycles. The van der Waals surface area contributed by atoms with Crippen molar-refractivity contribution in [3.05, 3.63) is 35.0 Å². The van der Waals surface area contributed by atoms with E-state index in [0.717, 1.165) is 55.0 Å². The number of benzene rings is 1. The standard InChI is InChI=1S/C16H20N2O2/c1-11-3-4-14-13(9-11)16(12(2)19)15(17-14)10-18-5-7-20-8-6-18/h3-4,9,17H,5-8,10H2,1-2H3. The van der Waals surface area contributed by atoms with Crippen molar-refractivity contribution in [3.63, 3.8) is 0 Å². The summed E-state index contributed by atoms with van der Waals surface area (Å²) in [6, 6.07) is 6.21. The maximum absolute atomic E-state index is 12.0. The van der Waals surface area contributed by atoms with E-state index in [1.165, 1.54) is 5.56 Å². The molecule has 4 heteroatoms.